The second-order valence-electron chi connectivity index (χ2n) is 6.76. The van der Waals surface area contributed by atoms with E-state index in [1.54, 1.807) is 29.2 Å². The molecule has 0 unspecified atom stereocenters. The Kier molecular flexibility index (Phi) is 5.28. The maximum atomic E-state index is 12.7. The number of carbonyl (C=O) groups is 2. The average Bonchev–Trinajstić information content (AvgIpc) is 2.87. The molecule has 1 saturated heterocycles. The van der Waals surface area contributed by atoms with Gasteiger partial charge >= 0.3 is 0 Å². The number of rotatable bonds is 4. The van der Waals surface area contributed by atoms with Gasteiger partial charge in [-0.25, -0.2) is 0 Å². The van der Waals surface area contributed by atoms with Gasteiger partial charge in [-0.3, -0.25) is 9.59 Å². The van der Waals surface area contributed by atoms with E-state index in [2.05, 4.69) is 15.9 Å². The third kappa shape index (κ3) is 3.44. The number of Topliss-reactive ketones (excluding diaryl/α,β-unsaturated/α-hetero) is 1. The van der Waals surface area contributed by atoms with Crippen LogP contribution in [0.25, 0.3) is 5.76 Å². The first-order chi connectivity index (χ1) is 12.4. The maximum Gasteiger partial charge on any atom is 0.295 e. The summed E-state index contributed by atoms with van der Waals surface area (Å²) in [4.78, 5) is 27.0. The summed E-state index contributed by atoms with van der Waals surface area (Å²) in [6, 6.07) is 15.7. The van der Waals surface area contributed by atoms with Gasteiger partial charge in [0.15, 0.2) is 0 Å². The highest BCUT2D eigenvalue weighted by Gasteiger charge is 2.46. The molecular formula is C21H20BrNO3. The van der Waals surface area contributed by atoms with Crippen LogP contribution in [0.1, 0.15) is 31.0 Å². The number of nitrogens with zero attached hydrogens (tertiary/aromatic N) is 1. The summed E-state index contributed by atoms with van der Waals surface area (Å²) in [5, 5.41) is 10.8. The molecule has 0 aliphatic carbocycles. The molecule has 0 radical (unpaired) electrons. The Bertz CT molecular complexity index is 857. The third-order valence-electron chi connectivity index (χ3n) is 4.33. The summed E-state index contributed by atoms with van der Waals surface area (Å²) in [6.45, 7) is 4.43. The summed E-state index contributed by atoms with van der Waals surface area (Å²) in [5.74, 6) is -1.14. The van der Waals surface area contributed by atoms with Crippen LogP contribution in [0.4, 0.5) is 0 Å². The van der Waals surface area contributed by atoms with Crippen molar-refractivity contribution in [2.45, 2.75) is 19.9 Å². The van der Waals surface area contributed by atoms with Gasteiger partial charge < -0.3 is 10.0 Å². The summed E-state index contributed by atoms with van der Waals surface area (Å²) in [5.41, 5.74) is 1.46. The molecule has 26 heavy (non-hydrogen) atoms. The first-order valence-electron chi connectivity index (χ1n) is 8.49. The van der Waals surface area contributed by atoms with Gasteiger partial charge in [0.2, 0.25) is 0 Å². The van der Waals surface area contributed by atoms with Crippen molar-refractivity contribution in [3.63, 3.8) is 0 Å². The smallest absolute Gasteiger partial charge is 0.295 e. The standard InChI is InChI=1S/C21H20BrNO3/c1-13(2)12-23-18(14-8-10-16(22)11-9-14)17(20(25)21(23)26)19(24)15-6-4-3-5-7-15/h3-11,13,18,24H,12H2,1-2H3/t18-/m1/s1. The van der Waals surface area contributed by atoms with Crippen molar-refractivity contribution in [1.82, 2.24) is 4.90 Å². The Morgan fingerprint density at radius 3 is 2.27 bits per heavy atom. The number of hydrogen-bond acceptors (Lipinski definition) is 3. The Hall–Kier alpha value is -2.40. The molecule has 1 aliphatic heterocycles. The zero-order valence-corrected chi connectivity index (χ0v) is 16.2. The summed E-state index contributed by atoms with van der Waals surface area (Å²) in [6.07, 6.45) is 0. The fourth-order valence-electron chi connectivity index (χ4n) is 3.20. The lowest BCUT2D eigenvalue weighted by Crippen LogP contribution is -2.33. The van der Waals surface area contributed by atoms with Gasteiger partial charge in [-0.2, -0.15) is 0 Å². The summed E-state index contributed by atoms with van der Waals surface area (Å²) in [7, 11) is 0. The van der Waals surface area contributed by atoms with E-state index in [0.29, 0.717) is 12.1 Å². The highest BCUT2D eigenvalue weighted by molar-refractivity contribution is 9.10. The molecule has 2 aromatic carbocycles. The van der Waals surface area contributed by atoms with Crippen LogP contribution in [0.5, 0.6) is 0 Å². The van der Waals surface area contributed by atoms with E-state index in [4.69, 9.17) is 0 Å². The van der Waals surface area contributed by atoms with Crippen LogP contribution in [0.15, 0.2) is 64.6 Å². The quantitative estimate of drug-likeness (QED) is 0.455. The average molecular weight is 414 g/mol. The van der Waals surface area contributed by atoms with Crippen molar-refractivity contribution < 1.29 is 14.7 Å². The van der Waals surface area contributed by atoms with E-state index in [-0.39, 0.29) is 17.3 Å². The van der Waals surface area contributed by atoms with E-state index < -0.39 is 17.7 Å². The largest absolute Gasteiger partial charge is 0.507 e. The van der Waals surface area contributed by atoms with Gasteiger partial charge in [0.05, 0.1) is 11.6 Å². The lowest BCUT2D eigenvalue weighted by Gasteiger charge is -2.26. The number of aliphatic hydroxyl groups is 1. The molecule has 3 rings (SSSR count). The summed E-state index contributed by atoms with van der Waals surface area (Å²) >= 11 is 3.41. The number of hydrogen-bond donors (Lipinski definition) is 1. The normalized spacial score (nSPS) is 19.4. The first-order valence-corrected chi connectivity index (χ1v) is 9.28. The SMILES string of the molecule is CC(C)CN1C(=O)C(=O)C(=C(O)c2ccccc2)[C@H]1c1ccc(Br)cc1. The van der Waals surface area contributed by atoms with Crippen molar-refractivity contribution in [3.05, 3.63) is 75.8 Å². The van der Waals surface area contributed by atoms with E-state index in [0.717, 1.165) is 10.0 Å². The molecule has 1 atom stereocenters. The van der Waals surface area contributed by atoms with Gasteiger partial charge in [-0.05, 0) is 23.6 Å². The van der Waals surface area contributed by atoms with Gasteiger partial charge in [-0.1, -0.05) is 72.2 Å². The number of halogens is 1. The lowest BCUT2D eigenvalue weighted by atomic mass is 9.95. The van der Waals surface area contributed by atoms with Crippen LogP contribution < -0.4 is 0 Å². The van der Waals surface area contributed by atoms with E-state index in [1.165, 1.54) is 0 Å². The second-order valence-corrected chi connectivity index (χ2v) is 7.68. The van der Waals surface area contributed by atoms with Gasteiger partial charge in [-0.15, -0.1) is 0 Å². The van der Waals surface area contributed by atoms with Crippen LogP contribution in [-0.4, -0.2) is 28.2 Å². The summed E-state index contributed by atoms with van der Waals surface area (Å²) < 4.78 is 0.908. The van der Waals surface area contributed by atoms with Crippen LogP contribution >= 0.6 is 15.9 Å². The third-order valence-corrected chi connectivity index (χ3v) is 4.86. The van der Waals surface area contributed by atoms with Crippen molar-refractivity contribution in [3.8, 4) is 0 Å². The molecule has 1 fully saturated rings. The van der Waals surface area contributed by atoms with Crippen molar-refractivity contribution in [1.29, 1.82) is 0 Å². The van der Waals surface area contributed by atoms with Crippen LogP contribution in [0, 0.1) is 5.92 Å². The predicted molar refractivity (Wildman–Crippen MR) is 104 cm³/mol. The minimum atomic E-state index is -0.639. The number of ketones is 1. The van der Waals surface area contributed by atoms with E-state index >= 15 is 0 Å². The number of aliphatic hydroxyl groups excluding tert-OH is 1. The van der Waals surface area contributed by atoms with Crippen molar-refractivity contribution in [2.75, 3.05) is 6.54 Å². The van der Waals surface area contributed by atoms with Gasteiger partial charge in [0, 0.05) is 16.6 Å². The van der Waals surface area contributed by atoms with Crippen LogP contribution in [0.3, 0.4) is 0 Å². The maximum absolute atomic E-state index is 12.7. The van der Waals surface area contributed by atoms with Crippen LogP contribution in [0.2, 0.25) is 0 Å². The molecule has 0 spiro atoms. The Labute approximate surface area is 161 Å². The molecule has 1 N–H and O–H groups in total. The molecule has 4 nitrogen and oxygen atoms in total. The minimum absolute atomic E-state index is 0.136. The fourth-order valence-corrected chi connectivity index (χ4v) is 3.47. The Balaban J connectivity index is 2.18. The monoisotopic (exact) mass is 413 g/mol. The molecule has 0 saturated carbocycles. The van der Waals surface area contributed by atoms with E-state index in [1.807, 2.05) is 44.2 Å². The topological polar surface area (TPSA) is 57.6 Å². The number of amides is 1. The molecular weight excluding hydrogens is 394 g/mol. The fraction of sp³-hybridized carbons (Fsp3) is 0.238. The van der Waals surface area contributed by atoms with Gasteiger partial charge in [0.25, 0.3) is 11.7 Å². The van der Waals surface area contributed by atoms with Crippen molar-refractivity contribution >= 4 is 33.4 Å². The number of carbonyl (C=O) groups excluding carboxylic acids is 2. The minimum Gasteiger partial charge on any atom is -0.507 e. The second kappa shape index (κ2) is 7.46. The molecule has 0 aromatic heterocycles. The Morgan fingerprint density at radius 1 is 1.08 bits per heavy atom. The highest BCUT2D eigenvalue weighted by Crippen LogP contribution is 2.39. The zero-order valence-electron chi connectivity index (χ0n) is 14.6. The predicted octanol–water partition coefficient (Wildman–Crippen LogP) is 4.53. The molecule has 1 amide bonds. The van der Waals surface area contributed by atoms with E-state index in [9.17, 15) is 14.7 Å². The molecule has 134 valence electrons. The molecule has 0 bridgehead atoms. The molecule has 1 heterocycles. The van der Waals surface area contributed by atoms with Gasteiger partial charge in [0.1, 0.15) is 5.76 Å². The lowest BCUT2D eigenvalue weighted by molar-refractivity contribution is -0.140. The zero-order chi connectivity index (χ0) is 18.8. The first kappa shape index (κ1) is 18.4. The number of benzene rings is 2. The molecule has 2 aromatic rings. The van der Waals surface area contributed by atoms with Crippen molar-refractivity contribution in [2.24, 2.45) is 5.92 Å². The van der Waals surface area contributed by atoms with Crippen LogP contribution in [-0.2, 0) is 9.59 Å². The highest BCUT2D eigenvalue weighted by atomic mass is 79.9. The molecule has 5 heteroatoms. The Morgan fingerprint density at radius 2 is 1.69 bits per heavy atom. The molecule has 1 aliphatic rings. The number of likely N-dealkylation sites (tertiary alicyclic amines) is 1.